The van der Waals surface area contributed by atoms with Crippen LogP contribution in [0.3, 0.4) is 0 Å². The Hall–Kier alpha value is -2.15. The quantitative estimate of drug-likeness (QED) is 0.797. The summed E-state index contributed by atoms with van der Waals surface area (Å²) in [6.45, 7) is 5.64. The molecule has 2 N–H and O–H groups in total. The Bertz CT molecular complexity index is 661. The Morgan fingerprint density at radius 3 is 2.64 bits per heavy atom. The molecule has 0 radical (unpaired) electrons. The number of halogens is 1. The van der Waals surface area contributed by atoms with Crippen LogP contribution in [0.15, 0.2) is 35.1 Å². The molecule has 1 aromatic heterocycles. The van der Waals surface area contributed by atoms with Crippen LogP contribution in [-0.4, -0.2) is 22.0 Å². The lowest BCUT2D eigenvalue weighted by molar-refractivity contribution is -0.126. The zero-order valence-electron chi connectivity index (χ0n) is 12.6. The van der Waals surface area contributed by atoms with Gasteiger partial charge in [0.15, 0.2) is 6.10 Å². The lowest BCUT2D eigenvalue weighted by Crippen LogP contribution is -2.40. The first kappa shape index (κ1) is 16.2. The van der Waals surface area contributed by atoms with Crippen LogP contribution < -0.4 is 15.6 Å². The van der Waals surface area contributed by atoms with E-state index >= 15 is 0 Å². The number of amides is 1. The number of aryl methyl sites for hydroxylation is 1. The van der Waals surface area contributed by atoms with Gasteiger partial charge in [-0.25, -0.2) is 9.97 Å². The number of rotatable bonds is 5. The molecule has 2 rings (SSSR count). The second-order valence-electron chi connectivity index (χ2n) is 4.80. The van der Waals surface area contributed by atoms with E-state index in [1.54, 1.807) is 19.3 Å². The summed E-state index contributed by atoms with van der Waals surface area (Å²) >= 11 is 3.24. The molecule has 0 bridgehead atoms. The van der Waals surface area contributed by atoms with Crippen LogP contribution in [0.1, 0.15) is 18.1 Å². The minimum Gasteiger partial charge on any atom is -0.481 e. The molecule has 0 aliphatic heterocycles. The maximum atomic E-state index is 12.0. The molecule has 0 spiro atoms. The number of anilines is 1. The molecule has 0 saturated carbocycles. The molecular weight excluding hydrogens is 348 g/mol. The fourth-order valence-corrected chi connectivity index (χ4v) is 1.90. The molecular formula is C15H17BrN4O2. The highest BCUT2D eigenvalue weighted by Gasteiger charge is 2.16. The highest BCUT2D eigenvalue weighted by atomic mass is 79.9. The van der Waals surface area contributed by atoms with Crippen LogP contribution >= 0.6 is 15.9 Å². The maximum absolute atomic E-state index is 12.0. The highest BCUT2D eigenvalue weighted by Crippen LogP contribution is 2.21. The number of hydrogen-bond acceptors (Lipinski definition) is 5. The van der Waals surface area contributed by atoms with Crippen LogP contribution in [0.2, 0.25) is 0 Å². The summed E-state index contributed by atoms with van der Waals surface area (Å²) in [5, 5.41) is 0. The van der Waals surface area contributed by atoms with E-state index in [1.807, 2.05) is 32.0 Å². The van der Waals surface area contributed by atoms with Crippen molar-refractivity contribution in [3.8, 4) is 5.75 Å². The van der Waals surface area contributed by atoms with Crippen LogP contribution in [0.4, 0.5) is 5.95 Å². The Balaban J connectivity index is 1.92. The second kappa shape index (κ2) is 7.22. The maximum Gasteiger partial charge on any atom is 0.279 e. The number of nitrogens with zero attached hydrogens (tertiary/aromatic N) is 2. The van der Waals surface area contributed by atoms with Gasteiger partial charge < -0.3 is 4.74 Å². The predicted octanol–water partition coefficient (Wildman–Crippen LogP) is 2.77. The molecule has 0 unspecified atom stereocenters. The predicted molar refractivity (Wildman–Crippen MR) is 87.5 cm³/mol. The Labute approximate surface area is 137 Å². The van der Waals surface area contributed by atoms with Crippen molar-refractivity contribution in [1.82, 2.24) is 15.4 Å². The van der Waals surface area contributed by atoms with Gasteiger partial charge in [-0.3, -0.25) is 15.6 Å². The van der Waals surface area contributed by atoms with Crippen molar-refractivity contribution in [2.45, 2.75) is 26.9 Å². The minimum absolute atomic E-state index is 0.301. The molecule has 22 heavy (non-hydrogen) atoms. The molecule has 0 aliphatic carbocycles. The van der Waals surface area contributed by atoms with E-state index in [1.165, 1.54) is 0 Å². The number of nitrogens with one attached hydrogen (secondary N) is 2. The first-order valence-electron chi connectivity index (χ1n) is 6.73. The zero-order chi connectivity index (χ0) is 16.1. The molecule has 2 aromatic rings. The molecule has 7 heteroatoms. The third-order valence-corrected chi connectivity index (χ3v) is 3.56. The largest absolute Gasteiger partial charge is 0.481 e. The van der Waals surface area contributed by atoms with Crippen molar-refractivity contribution in [3.05, 3.63) is 46.2 Å². The number of aromatic nitrogens is 2. The van der Waals surface area contributed by atoms with Crippen LogP contribution in [-0.2, 0) is 4.79 Å². The summed E-state index contributed by atoms with van der Waals surface area (Å²) in [4.78, 5) is 20.0. The lowest BCUT2D eigenvalue weighted by atomic mass is 10.1. The number of benzene rings is 1. The SMILES string of the molecule is Cc1cccc(O[C@H](C)C(=O)NNc2ncc(Br)cn2)c1C. The van der Waals surface area contributed by atoms with Gasteiger partial charge >= 0.3 is 0 Å². The van der Waals surface area contributed by atoms with Gasteiger partial charge in [0, 0.05) is 12.4 Å². The first-order chi connectivity index (χ1) is 10.5. The fourth-order valence-electron chi connectivity index (χ4n) is 1.69. The van der Waals surface area contributed by atoms with E-state index in [0.29, 0.717) is 11.7 Å². The third kappa shape index (κ3) is 4.17. The van der Waals surface area contributed by atoms with Crippen molar-refractivity contribution >= 4 is 27.8 Å². The van der Waals surface area contributed by atoms with E-state index in [0.717, 1.165) is 15.6 Å². The van der Waals surface area contributed by atoms with E-state index < -0.39 is 6.10 Å². The van der Waals surface area contributed by atoms with E-state index in [2.05, 4.69) is 36.7 Å². The summed E-state index contributed by atoms with van der Waals surface area (Å²) < 4.78 is 6.46. The monoisotopic (exact) mass is 364 g/mol. The molecule has 6 nitrogen and oxygen atoms in total. The van der Waals surface area contributed by atoms with Gasteiger partial charge in [-0.2, -0.15) is 0 Å². The van der Waals surface area contributed by atoms with Crippen molar-refractivity contribution in [2.75, 3.05) is 5.43 Å². The summed E-state index contributed by atoms with van der Waals surface area (Å²) in [5.41, 5.74) is 7.30. The van der Waals surface area contributed by atoms with Crippen molar-refractivity contribution in [2.24, 2.45) is 0 Å². The number of ether oxygens (including phenoxy) is 1. The van der Waals surface area contributed by atoms with Gasteiger partial charge in [-0.05, 0) is 53.9 Å². The molecule has 1 atom stereocenters. The molecule has 0 saturated heterocycles. The number of carbonyl (C=O) groups excluding carboxylic acids is 1. The average molecular weight is 365 g/mol. The van der Waals surface area contributed by atoms with Gasteiger partial charge in [0.1, 0.15) is 5.75 Å². The summed E-state index contributed by atoms with van der Waals surface area (Å²) in [5.74, 6) is 0.686. The molecule has 1 amide bonds. The van der Waals surface area contributed by atoms with Crippen molar-refractivity contribution in [3.63, 3.8) is 0 Å². The van der Waals surface area contributed by atoms with Crippen molar-refractivity contribution < 1.29 is 9.53 Å². The number of hydrazine groups is 1. The number of carbonyl (C=O) groups is 1. The highest BCUT2D eigenvalue weighted by molar-refractivity contribution is 9.10. The Morgan fingerprint density at radius 1 is 1.27 bits per heavy atom. The summed E-state index contributed by atoms with van der Waals surface area (Å²) in [6.07, 6.45) is 2.51. The average Bonchev–Trinajstić information content (AvgIpc) is 2.51. The summed E-state index contributed by atoms with van der Waals surface area (Å²) in [6, 6.07) is 5.74. The fraction of sp³-hybridized carbons (Fsp3) is 0.267. The number of hydrogen-bond donors (Lipinski definition) is 2. The molecule has 0 fully saturated rings. The molecule has 1 heterocycles. The third-order valence-electron chi connectivity index (χ3n) is 3.15. The molecule has 1 aromatic carbocycles. The van der Waals surface area contributed by atoms with Crippen molar-refractivity contribution in [1.29, 1.82) is 0 Å². The van der Waals surface area contributed by atoms with Gasteiger partial charge in [-0.1, -0.05) is 12.1 Å². The van der Waals surface area contributed by atoms with E-state index in [-0.39, 0.29) is 5.91 Å². The Morgan fingerprint density at radius 2 is 1.95 bits per heavy atom. The topological polar surface area (TPSA) is 76.1 Å². The first-order valence-corrected chi connectivity index (χ1v) is 7.53. The van der Waals surface area contributed by atoms with E-state index in [4.69, 9.17) is 4.74 Å². The smallest absolute Gasteiger partial charge is 0.279 e. The second-order valence-corrected chi connectivity index (χ2v) is 5.71. The lowest BCUT2D eigenvalue weighted by Gasteiger charge is -2.17. The zero-order valence-corrected chi connectivity index (χ0v) is 14.1. The van der Waals surface area contributed by atoms with Gasteiger partial charge in [-0.15, -0.1) is 0 Å². The normalized spacial score (nSPS) is 11.6. The van der Waals surface area contributed by atoms with Gasteiger partial charge in [0.05, 0.1) is 4.47 Å². The minimum atomic E-state index is -0.650. The van der Waals surface area contributed by atoms with Crippen LogP contribution in [0, 0.1) is 13.8 Å². The van der Waals surface area contributed by atoms with Crippen LogP contribution in [0.25, 0.3) is 0 Å². The van der Waals surface area contributed by atoms with Gasteiger partial charge in [0.25, 0.3) is 5.91 Å². The molecule has 116 valence electrons. The standard InChI is InChI=1S/C15H17BrN4O2/c1-9-5-4-6-13(10(9)2)22-11(3)14(21)19-20-15-17-7-12(16)8-18-15/h4-8,11H,1-3H3,(H,19,21)(H,17,18,20)/t11-/m1/s1. The molecule has 0 aliphatic rings. The Kier molecular flexibility index (Phi) is 5.32. The van der Waals surface area contributed by atoms with E-state index in [9.17, 15) is 4.79 Å². The summed E-state index contributed by atoms with van der Waals surface area (Å²) in [7, 11) is 0. The van der Waals surface area contributed by atoms with Gasteiger partial charge in [0.2, 0.25) is 5.95 Å². The van der Waals surface area contributed by atoms with Crippen LogP contribution in [0.5, 0.6) is 5.75 Å².